The summed E-state index contributed by atoms with van der Waals surface area (Å²) in [4.78, 5) is 0. The van der Waals surface area contributed by atoms with Gasteiger partial charge in [0.25, 0.3) is 0 Å². The molecule has 0 saturated heterocycles. The quantitative estimate of drug-likeness (QED) is 0.0716. The van der Waals surface area contributed by atoms with Gasteiger partial charge < -0.3 is 13.7 Å². The summed E-state index contributed by atoms with van der Waals surface area (Å²) in [5.41, 5.74) is 16.7. The van der Waals surface area contributed by atoms with E-state index in [-0.39, 0.29) is 0 Å². The number of fused-ring (bicyclic) bond motifs is 7. The molecule has 130 heavy (non-hydrogen) atoms. The van der Waals surface area contributed by atoms with Gasteiger partial charge in [0, 0.05) is 47.7 Å². The first kappa shape index (κ1) is 81.6. The summed E-state index contributed by atoms with van der Waals surface area (Å²) in [5, 5.41) is 24.6. The highest BCUT2D eigenvalue weighted by Gasteiger charge is 2.34. The molecule has 0 fully saturated rings. The van der Waals surface area contributed by atoms with E-state index in [0.717, 1.165) is 64.4 Å². The highest BCUT2D eigenvalue weighted by atomic mass is 31.2. The molecule has 3 nitrogen and oxygen atoms in total. The summed E-state index contributed by atoms with van der Waals surface area (Å²) in [6.45, 7) is 0. The van der Waals surface area contributed by atoms with E-state index in [9.17, 15) is 9.13 Å². The Balaban J connectivity index is 0.000000118. The fraction of sp³-hybridized carbons (Fsp3) is 0. The third-order valence-corrected chi connectivity index (χ3v) is 34.7. The van der Waals surface area contributed by atoms with Crippen LogP contribution in [0.3, 0.4) is 0 Å². The monoisotopic (exact) mass is 1720 g/mol. The molecule has 0 bridgehead atoms. The van der Waals surface area contributed by atoms with Gasteiger partial charge in [-0.05, 0) is 153 Å². The Labute approximate surface area is 758 Å². The number of benzene rings is 23. The molecular formula is C124H87O3P3. The first-order valence-electron chi connectivity index (χ1n) is 44.2. The van der Waals surface area contributed by atoms with Crippen molar-refractivity contribution in [2.24, 2.45) is 0 Å². The fourth-order valence-corrected chi connectivity index (χ4v) is 27.4. The number of rotatable bonds is 16. The van der Waals surface area contributed by atoms with E-state index < -0.39 is 21.4 Å². The topological polar surface area (TPSA) is 51.2 Å². The maximum Gasteiger partial charge on any atom is 0.171 e. The maximum atomic E-state index is 15.0. The molecule has 616 valence electrons. The second-order valence-corrected chi connectivity index (χ2v) is 41.1. The van der Waals surface area contributed by atoms with E-state index in [1.165, 1.54) is 137 Å². The lowest BCUT2D eigenvalue weighted by atomic mass is 9.85. The molecule has 0 aliphatic heterocycles. The maximum absolute atomic E-state index is 15.0. The molecule has 0 amide bonds. The molecule has 6 heteroatoms. The van der Waals surface area contributed by atoms with Crippen LogP contribution < -0.4 is 47.7 Å². The SMILES string of the molecule is O=P(c1ccccc1)(c1ccccc1)c1ccc(-c2c3ccccc3c(-c3ccc(-c4ccccc4)cc3)c3ccccc23)cc1.O=P(c1ccccc1)(c1ccccc1)c1ccc(-c2c3ccccc3c(-c3cccc4ccccc34)c3ccccc23)cc1.O=P(c1ccccc1)(c1ccccc1)c1ccc(-c2c3ccccc3c(-c3ccccc3)c3ccccc23)cc1. The summed E-state index contributed by atoms with van der Waals surface area (Å²) in [6.07, 6.45) is 0. The van der Waals surface area contributed by atoms with Crippen molar-refractivity contribution in [3.8, 4) is 77.9 Å². The molecule has 0 N–H and O–H groups in total. The van der Waals surface area contributed by atoms with Crippen molar-refractivity contribution in [3.63, 3.8) is 0 Å². The third-order valence-electron chi connectivity index (χ3n) is 25.5. The number of hydrogen-bond acceptors (Lipinski definition) is 3. The standard InChI is InChI=1S/C44H31OP.C42H29OP.C38H27OP/c45-46(36-16-6-2-7-17-36,37-18-8-3-9-19-37)38-30-28-35(29-31-38)44-41-22-12-10-20-39(41)43(40-21-11-13-23-42(40)44)34-26-24-33(25-27-34)32-14-4-1-5-15-32;43-44(32-16-3-1-4-17-32,33-18-5-2-6-19-33)34-28-26-31(27-29-34)41-37-21-9-11-23-39(37)42(40-24-12-10-22-38(40)41)36-25-13-15-30-14-7-8-20-35(30)36;39-40(30-16-6-2-7-17-30,31-18-8-3-9-19-31)32-26-24-29(25-27-32)38-35-22-12-10-20-33(35)37(28-14-4-1-5-15-28)34-21-11-13-23-36(34)38/h1-31H;1-29H;1-27H. The normalized spacial score (nSPS) is 11.6. The van der Waals surface area contributed by atoms with Crippen molar-refractivity contribution in [2.45, 2.75) is 0 Å². The Morgan fingerprint density at radius 1 is 0.108 bits per heavy atom. The van der Waals surface area contributed by atoms with E-state index in [4.69, 9.17) is 0 Å². The minimum atomic E-state index is -3.06. The minimum Gasteiger partial charge on any atom is -0.309 e. The largest absolute Gasteiger partial charge is 0.309 e. The predicted octanol–water partition coefficient (Wildman–Crippen LogP) is 29.7. The Hall–Kier alpha value is -15.4. The summed E-state index contributed by atoms with van der Waals surface area (Å²) in [5.74, 6) is 0. The first-order chi connectivity index (χ1) is 64.2. The van der Waals surface area contributed by atoms with E-state index in [1.54, 1.807) is 0 Å². The van der Waals surface area contributed by atoms with Crippen LogP contribution in [0.1, 0.15) is 0 Å². The van der Waals surface area contributed by atoms with Crippen LogP contribution in [0.15, 0.2) is 528 Å². The van der Waals surface area contributed by atoms with Gasteiger partial charge in [0.15, 0.2) is 21.4 Å². The molecule has 0 aliphatic rings. The van der Waals surface area contributed by atoms with Crippen LogP contribution in [-0.2, 0) is 13.7 Å². The van der Waals surface area contributed by atoms with E-state index in [2.05, 4.69) is 346 Å². The molecule has 23 aromatic carbocycles. The summed E-state index contributed by atoms with van der Waals surface area (Å²) in [7, 11) is -9.15. The fourth-order valence-electron chi connectivity index (χ4n) is 19.4. The van der Waals surface area contributed by atoms with Crippen LogP contribution in [-0.4, -0.2) is 0 Å². The van der Waals surface area contributed by atoms with Crippen LogP contribution >= 0.6 is 21.4 Å². The van der Waals surface area contributed by atoms with Crippen LogP contribution in [0.2, 0.25) is 0 Å². The van der Waals surface area contributed by atoms with Crippen LogP contribution in [0.5, 0.6) is 0 Å². The molecule has 0 spiro atoms. The van der Waals surface area contributed by atoms with Gasteiger partial charge in [-0.2, -0.15) is 0 Å². The van der Waals surface area contributed by atoms with Crippen LogP contribution in [0, 0.1) is 0 Å². The predicted molar refractivity (Wildman–Crippen MR) is 558 cm³/mol. The van der Waals surface area contributed by atoms with Crippen molar-refractivity contribution in [3.05, 3.63) is 528 Å². The van der Waals surface area contributed by atoms with Gasteiger partial charge in [-0.3, -0.25) is 0 Å². The minimum absolute atomic E-state index is 0.831. The first-order valence-corrected chi connectivity index (χ1v) is 49.3. The lowest BCUT2D eigenvalue weighted by Gasteiger charge is -2.21. The van der Waals surface area contributed by atoms with Crippen LogP contribution in [0.4, 0.5) is 0 Å². The van der Waals surface area contributed by atoms with Gasteiger partial charge in [-0.1, -0.05) is 528 Å². The second kappa shape index (κ2) is 35.8. The molecular weight excluding hydrogens is 1630 g/mol. The van der Waals surface area contributed by atoms with Gasteiger partial charge >= 0.3 is 0 Å². The molecule has 0 radical (unpaired) electrons. The zero-order valence-corrected chi connectivity index (χ0v) is 74.0. The van der Waals surface area contributed by atoms with Gasteiger partial charge in [0.2, 0.25) is 0 Å². The van der Waals surface area contributed by atoms with Crippen LogP contribution in [0.25, 0.3) is 153 Å². The van der Waals surface area contributed by atoms with Crippen molar-refractivity contribution in [1.82, 2.24) is 0 Å². The third kappa shape index (κ3) is 15.0. The molecule has 23 rings (SSSR count). The van der Waals surface area contributed by atoms with Gasteiger partial charge in [0.05, 0.1) is 0 Å². The highest BCUT2D eigenvalue weighted by Crippen LogP contribution is 2.52. The van der Waals surface area contributed by atoms with Gasteiger partial charge in [-0.25, -0.2) is 0 Å². The molecule has 0 saturated carbocycles. The molecule has 0 unspecified atom stereocenters. The average molecular weight is 1720 g/mol. The van der Waals surface area contributed by atoms with Crippen molar-refractivity contribution >= 4 is 145 Å². The molecule has 0 atom stereocenters. The lowest BCUT2D eigenvalue weighted by molar-refractivity contribution is 0.591. The Morgan fingerprint density at radius 2 is 0.262 bits per heavy atom. The Kier molecular flexibility index (Phi) is 22.5. The van der Waals surface area contributed by atoms with E-state index in [1.807, 2.05) is 182 Å². The lowest BCUT2D eigenvalue weighted by Crippen LogP contribution is -2.24. The zero-order chi connectivity index (χ0) is 87.4. The van der Waals surface area contributed by atoms with E-state index in [0.29, 0.717) is 0 Å². The molecule has 0 heterocycles. The van der Waals surface area contributed by atoms with Crippen molar-refractivity contribution in [2.75, 3.05) is 0 Å². The molecule has 23 aromatic rings. The highest BCUT2D eigenvalue weighted by molar-refractivity contribution is 7.86. The molecule has 0 aliphatic carbocycles. The zero-order valence-electron chi connectivity index (χ0n) is 71.3. The summed E-state index contributed by atoms with van der Waals surface area (Å²) in [6, 6.07) is 182. The Morgan fingerprint density at radius 3 is 0.508 bits per heavy atom. The smallest absolute Gasteiger partial charge is 0.171 e. The number of hydrogen-bond donors (Lipinski definition) is 0. The van der Waals surface area contributed by atoms with Crippen molar-refractivity contribution in [1.29, 1.82) is 0 Å². The Bertz CT molecular complexity index is 7920. The average Bonchev–Trinajstić information content (AvgIpc) is 0.728. The van der Waals surface area contributed by atoms with E-state index >= 15 is 4.57 Å². The summed E-state index contributed by atoms with van der Waals surface area (Å²) < 4.78 is 44.9. The molecule has 0 aromatic heterocycles. The summed E-state index contributed by atoms with van der Waals surface area (Å²) >= 11 is 0. The van der Waals surface area contributed by atoms with Gasteiger partial charge in [0.1, 0.15) is 0 Å². The van der Waals surface area contributed by atoms with Gasteiger partial charge in [-0.15, -0.1) is 0 Å². The second-order valence-electron chi connectivity index (χ2n) is 32.8. The van der Waals surface area contributed by atoms with Crippen molar-refractivity contribution < 1.29 is 13.7 Å².